The average molecular weight is 389 g/mol. The maximum Gasteiger partial charge on any atom is 0.284 e. The molecule has 0 saturated carbocycles. The van der Waals surface area contributed by atoms with E-state index in [9.17, 15) is 19.7 Å². The average Bonchev–Trinajstić information content (AvgIpc) is 2.57. The fourth-order valence-electron chi connectivity index (χ4n) is 2.12. The monoisotopic (exact) mass is 388 g/mol. The van der Waals surface area contributed by atoms with Gasteiger partial charge < -0.3 is 0 Å². The van der Waals surface area contributed by atoms with E-state index in [0.717, 1.165) is 10.7 Å². The molecule has 0 fully saturated rings. The van der Waals surface area contributed by atoms with Crippen LogP contribution < -0.4 is 11.0 Å². The number of nitro benzene ring substituents is 1. The Morgan fingerprint density at radius 1 is 1.25 bits per heavy atom. The van der Waals surface area contributed by atoms with E-state index in [0.29, 0.717) is 10.9 Å². The first-order chi connectivity index (χ1) is 11.5. The molecule has 0 saturated heterocycles. The SMILES string of the molecule is O=C(Nn1cnc2ccccc2c1=O)c1ccc(Br)c([N+](=O)[O-])c1. The largest absolute Gasteiger partial charge is 0.284 e. The van der Waals surface area contributed by atoms with E-state index in [-0.39, 0.29) is 15.7 Å². The van der Waals surface area contributed by atoms with Gasteiger partial charge in [0.25, 0.3) is 17.2 Å². The molecule has 0 aliphatic heterocycles. The molecule has 0 atom stereocenters. The van der Waals surface area contributed by atoms with Gasteiger partial charge in [0.1, 0.15) is 6.33 Å². The third-order valence-corrected chi connectivity index (χ3v) is 3.96. The summed E-state index contributed by atoms with van der Waals surface area (Å²) in [6.45, 7) is 0. The zero-order chi connectivity index (χ0) is 17.3. The number of halogens is 1. The number of nitrogens with one attached hydrogen (secondary N) is 1. The Morgan fingerprint density at radius 3 is 2.75 bits per heavy atom. The van der Waals surface area contributed by atoms with Crippen LogP contribution >= 0.6 is 15.9 Å². The Bertz CT molecular complexity index is 1030. The molecule has 8 nitrogen and oxygen atoms in total. The predicted octanol–water partition coefficient (Wildman–Crippen LogP) is 2.45. The molecule has 9 heteroatoms. The molecule has 3 aromatic rings. The highest BCUT2D eigenvalue weighted by Crippen LogP contribution is 2.25. The number of rotatable bonds is 3. The molecule has 2 aromatic carbocycles. The molecule has 1 aromatic heterocycles. The van der Waals surface area contributed by atoms with E-state index in [1.807, 2.05) is 0 Å². The van der Waals surface area contributed by atoms with E-state index in [4.69, 9.17) is 0 Å². The summed E-state index contributed by atoms with van der Waals surface area (Å²) in [5.41, 5.74) is 2.23. The van der Waals surface area contributed by atoms with Crippen LogP contribution in [0.5, 0.6) is 0 Å². The first-order valence-electron chi connectivity index (χ1n) is 6.69. The van der Waals surface area contributed by atoms with Crippen molar-refractivity contribution in [1.29, 1.82) is 0 Å². The minimum atomic E-state index is -0.662. The van der Waals surface area contributed by atoms with Gasteiger partial charge in [-0.1, -0.05) is 12.1 Å². The third kappa shape index (κ3) is 2.88. The van der Waals surface area contributed by atoms with Crippen molar-refractivity contribution in [3.05, 3.63) is 79.3 Å². The van der Waals surface area contributed by atoms with Gasteiger partial charge in [0, 0.05) is 11.6 Å². The van der Waals surface area contributed by atoms with Crippen LogP contribution in [-0.4, -0.2) is 20.5 Å². The number of aromatic nitrogens is 2. The Labute approximate surface area is 143 Å². The van der Waals surface area contributed by atoms with E-state index >= 15 is 0 Å². The second-order valence-electron chi connectivity index (χ2n) is 4.80. The highest BCUT2D eigenvalue weighted by atomic mass is 79.9. The molecule has 0 aliphatic carbocycles. The summed E-state index contributed by atoms with van der Waals surface area (Å²) < 4.78 is 1.20. The topological polar surface area (TPSA) is 107 Å². The number of hydrogen-bond acceptors (Lipinski definition) is 5. The predicted molar refractivity (Wildman–Crippen MR) is 90.5 cm³/mol. The lowest BCUT2D eigenvalue weighted by Gasteiger charge is -2.08. The van der Waals surface area contributed by atoms with Gasteiger partial charge in [0.2, 0.25) is 0 Å². The van der Waals surface area contributed by atoms with Crippen LogP contribution in [0.25, 0.3) is 10.9 Å². The zero-order valence-corrected chi connectivity index (χ0v) is 13.6. The quantitative estimate of drug-likeness (QED) is 0.547. The summed E-state index contributed by atoms with van der Waals surface area (Å²) >= 11 is 3.05. The molecular weight excluding hydrogens is 380 g/mol. The molecule has 1 N–H and O–H groups in total. The molecule has 0 bridgehead atoms. The third-order valence-electron chi connectivity index (χ3n) is 3.29. The lowest BCUT2D eigenvalue weighted by molar-refractivity contribution is -0.385. The molecule has 0 spiro atoms. The van der Waals surface area contributed by atoms with E-state index in [1.165, 1.54) is 18.5 Å². The van der Waals surface area contributed by atoms with Crippen molar-refractivity contribution in [3.63, 3.8) is 0 Å². The number of fused-ring (bicyclic) bond motifs is 1. The minimum absolute atomic E-state index is 0.0463. The normalized spacial score (nSPS) is 10.5. The molecule has 0 radical (unpaired) electrons. The van der Waals surface area contributed by atoms with Crippen molar-refractivity contribution in [2.45, 2.75) is 0 Å². The number of nitro groups is 1. The van der Waals surface area contributed by atoms with Crippen LogP contribution in [0, 0.1) is 10.1 Å². The molecule has 1 amide bonds. The minimum Gasteiger partial charge on any atom is -0.267 e. The Hall–Kier alpha value is -3.07. The maximum atomic E-state index is 12.3. The first kappa shape index (κ1) is 15.8. The number of nitrogens with zero attached hydrogens (tertiary/aromatic N) is 3. The molecule has 120 valence electrons. The van der Waals surface area contributed by atoms with E-state index < -0.39 is 16.4 Å². The Kier molecular flexibility index (Phi) is 4.09. The number of amides is 1. The van der Waals surface area contributed by atoms with Crippen molar-refractivity contribution in [2.24, 2.45) is 0 Å². The molecule has 0 aliphatic rings. The van der Waals surface area contributed by atoms with E-state index in [1.54, 1.807) is 24.3 Å². The smallest absolute Gasteiger partial charge is 0.267 e. The van der Waals surface area contributed by atoms with Gasteiger partial charge in [-0.2, -0.15) is 0 Å². The molecular formula is C15H9BrN4O4. The van der Waals surface area contributed by atoms with Crippen LogP contribution in [-0.2, 0) is 0 Å². The molecule has 3 rings (SSSR count). The number of carbonyl (C=O) groups excluding carboxylic acids is 1. The van der Waals surface area contributed by atoms with Crippen LogP contribution in [0.1, 0.15) is 10.4 Å². The number of benzene rings is 2. The van der Waals surface area contributed by atoms with Crippen LogP contribution in [0.3, 0.4) is 0 Å². The second kappa shape index (κ2) is 6.20. The molecule has 0 unspecified atom stereocenters. The van der Waals surface area contributed by atoms with Gasteiger partial charge >= 0.3 is 0 Å². The van der Waals surface area contributed by atoms with Crippen molar-refractivity contribution in [3.8, 4) is 0 Å². The Morgan fingerprint density at radius 2 is 2.00 bits per heavy atom. The van der Waals surface area contributed by atoms with Crippen LogP contribution in [0.2, 0.25) is 0 Å². The summed E-state index contributed by atoms with van der Waals surface area (Å²) in [5, 5.41) is 11.3. The molecule has 24 heavy (non-hydrogen) atoms. The van der Waals surface area contributed by atoms with Crippen molar-refractivity contribution in [1.82, 2.24) is 9.66 Å². The van der Waals surface area contributed by atoms with Gasteiger partial charge in [-0.25, -0.2) is 9.66 Å². The number of hydrogen-bond donors (Lipinski definition) is 1. The summed E-state index contributed by atoms with van der Waals surface area (Å²) in [7, 11) is 0. The van der Waals surface area contributed by atoms with Gasteiger partial charge in [-0.15, -0.1) is 0 Å². The highest BCUT2D eigenvalue weighted by molar-refractivity contribution is 9.10. The highest BCUT2D eigenvalue weighted by Gasteiger charge is 2.16. The van der Waals surface area contributed by atoms with Crippen molar-refractivity contribution >= 4 is 38.4 Å². The van der Waals surface area contributed by atoms with Gasteiger partial charge in [0.15, 0.2) is 0 Å². The van der Waals surface area contributed by atoms with Gasteiger partial charge in [-0.05, 0) is 40.2 Å². The first-order valence-corrected chi connectivity index (χ1v) is 7.48. The van der Waals surface area contributed by atoms with Crippen molar-refractivity contribution in [2.75, 3.05) is 5.43 Å². The number of carbonyl (C=O) groups is 1. The fourth-order valence-corrected chi connectivity index (χ4v) is 2.51. The van der Waals surface area contributed by atoms with Gasteiger partial charge in [-0.3, -0.25) is 25.1 Å². The second-order valence-corrected chi connectivity index (χ2v) is 5.66. The summed E-state index contributed by atoms with van der Waals surface area (Å²) in [4.78, 5) is 39.0. The lowest BCUT2D eigenvalue weighted by Crippen LogP contribution is -2.33. The number of para-hydroxylation sites is 1. The summed E-state index contributed by atoms with van der Waals surface area (Å²) in [5.74, 6) is -0.662. The van der Waals surface area contributed by atoms with Gasteiger partial charge in [0.05, 0.1) is 20.3 Å². The van der Waals surface area contributed by atoms with E-state index in [2.05, 4.69) is 26.3 Å². The molecule has 1 heterocycles. The zero-order valence-electron chi connectivity index (χ0n) is 12.0. The van der Waals surface area contributed by atoms with Crippen LogP contribution in [0.15, 0.2) is 58.1 Å². The fraction of sp³-hybridized carbons (Fsp3) is 0. The Balaban J connectivity index is 1.96. The maximum absolute atomic E-state index is 12.3. The summed E-state index contributed by atoms with van der Waals surface area (Å²) in [6.07, 6.45) is 1.19. The summed E-state index contributed by atoms with van der Waals surface area (Å²) in [6, 6.07) is 10.6. The van der Waals surface area contributed by atoms with Crippen LogP contribution in [0.4, 0.5) is 5.69 Å². The standard InChI is InChI=1S/C15H9BrN4O4/c16-11-6-5-9(7-13(11)20(23)24)14(21)18-19-8-17-12-4-2-1-3-10(12)15(19)22/h1-8H,(H,18,21). The van der Waals surface area contributed by atoms with Crippen molar-refractivity contribution < 1.29 is 9.72 Å². The lowest BCUT2D eigenvalue weighted by atomic mass is 10.2.